The van der Waals surface area contributed by atoms with E-state index in [0.717, 1.165) is 11.3 Å². The molecule has 2 rings (SSSR count). The van der Waals surface area contributed by atoms with Crippen LogP contribution in [0.5, 0.6) is 11.5 Å². The molecule has 0 bridgehead atoms. The van der Waals surface area contributed by atoms with Crippen molar-refractivity contribution in [3.05, 3.63) is 59.7 Å². The number of hydrogen-bond acceptors (Lipinski definition) is 5. The molecule has 1 atom stereocenters. The molecule has 0 aromatic heterocycles. The second-order valence-electron chi connectivity index (χ2n) is 5.29. The molecule has 1 N–H and O–H groups in total. The minimum absolute atomic E-state index is 0.127. The van der Waals surface area contributed by atoms with Gasteiger partial charge < -0.3 is 9.47 Å². The molecular weight excluding hydrogens is 336 g/mol. The number of thioether (sulfide) groups is 1. The molecule has 0 aliphatic rings. The summed E-state index contributed by atoms with van der Waals surface area (Å²) < 4.78 is 10.4. The Morgan fingerprint density at radius 3 is 2.56 bits per heavy atom. The topological polar surface area (TPSA) is 59.9 Å². The van der Waals surface area contributed by atoms with Crippen LogP contribution in [-0.2, 0) is 10.5 Å². The van der Waals surface area contributed by atoms with Crippen molar-refractivity contribution in [2.45, 2.75) is 17.9 Å². The van der Waals surface area contributed by atoms with E-state index in [1.165, 1.54) is 5.56 Å². The van der Waals surface area contributed by atoms with Crippen molar-refractivity contribution in [2.75, 3.05) is 14.2 Å². The molecule has 2 aromatic carbocycles. The van der Waals surface area contributed by atoms with Crippen LogP contribution in [0.4, 0.5) is 0 Å². The zero-order valence-electron chi connectivity index (χ0n) is 14.6. The van der Waals surface area contributed by atoms with E-state index in [4.69, 9.17) is 9.47 Å². The van der Waals surface area contributed by atoms with E-state index in [-0.39, 0.29) is 11.2 Å². The number of methoxy groups -OCH3 is 2. The molecule has 0 saturated heterocycles. The second-order valence-corrected chi connectivity index (χ2v) is 6.62. The van der Waals surface area contributed by atoms with Gasteiger partial charge in [-0.3, -0.25) is 4.79 Å². The molecule has 25 heavy (non-hydrogen) atoms. The highest BCUT2D eigenvalue weighted by molar-refractivity contribution is 7.99. The highest BCUT2D eigenvalue weighted by Crippen LogP contribution is 2.26. The highest BCUT2D eigenvalue weighted by atomic mass is 32.2. The molecule has 1 amide bonds. The van der Waals surface area contributed by atoms with Gasteiger partial charge in [-0.25, -0.2) is 5.43 Å². The summed E-state index contributed by atoms with van der Waals surface area (Å²) in [4.78, 5) is 12.1. The van der Waals surface area contributed by atoms with Gasteiger partial charge in [0, 0.05) is 5.75 Å². The van der Waals surface area contributed by atoms with Crippen molar-refractivity contribution in [2.24, 2.45) is 5.10 Å². The Morgan fingerprint density at radius 2 is 1.88 bits per heavy atom. The first-order valence-electron chi connectivity index (χ1n) is 7.84. The number of rotatable bonds is 8. The third kappa shape index (κ3) is 5.83. The number of benzene rings is 2. The molecule has 0 unspecified atom stereocenters. The fourth-order valence-corrected chi connectivity index (χ4v) is 2.90. The van der Waals surface area contributed by atoms with E-state index in [2.05, 4.69) is 10.5 Å². The lowest BCUT2D eigenvalue weighted by Gasteiger charge is -2.09. The lowest BCUT2D eigenvalue weighted by molar-refractivity contribution is -0.120. The summed E-state index contributed by atoms with van der Waals surface area (Å²) in [5.74, 6) is 1.92. The van der Waals surface area contributed by atoms with Crippen molar-refractivity contribution in [3.63, 3.8) is 0 Å². The van der Waals surface area contributed by atoms with Crippen molar-refractivity contribution in [3.8, 4) is 11.5 Å². The monoisotopic (exact) mass is 358 g/mol. The van der Waals surface area contributed by atoms with E-state index in [9.17, 15) is 4.79 Å². The number of hydrogen-bond donors (Lipinski definition) is 1. The summed E-state index contributed by atoms with van der Waals surface area (Å²) >= 11 is 1.57. The molecule has 0 aliphatic heterocycles. The molecule has 0 radical (unpaired) electrons. The number of nitrogens with one attached hydrogen (secondary N) is 1. The average molecular weight is 358 g/mol. The molecule has 0 heterocycles. The standard InChI is InChI=1S/C19H22N2O3S/c1-14(25-13-15-7-5-4-6-8-15)19(22)21-20-12-16-9-10-17(23-2)18(11-16)24-3/h4-12,14H,13H2,1-3H3,(H,21,22)/b20-12-/t14-/m1/s1. The van der Waals surface area contributed by atoms with Gasteiger partial charge in [0.15, 0.2) is 11.5 Å². The molecular formula is C19H22N2O3S. The zero-order valence-corrected chi connectivity index (χ0v) is 15.4. The SMILES string of the molecule is COc1ccc(/C=N\NC(=O)[C@@H](C)SCc2ccccc2)cc1OC. The summed E-state index contributed by atoms with van der Waals surface area (Å²) in [5, 5.41) is 3.82. The fraction of sp³-hybridized carbons (Fsp3) is 0.263. The van der Waals surface area contributed by atoms with Crippen LogP contribution >= 0.6 is 11.8 Å². The second kappa shape index (κ2) is 9.74. The molecule has 2 aromatic rings. The lowest BCUT2D eigenvalue weighted by Crippen LogP contribution is -2.27. The molecule has 0 spiro atoms. The summed E-state index contributed by atoms with van der Waals surface area (Å²) in [6, 6.07) is 15.5. The average Bonchev–Trinajstić information content (AvgIpc) is 2.66. The van der Waals surface area contributed by atoms with Crippen LogP contribution in [0.1, 0.15) is 18.1 Å². The van der Waals surface area contributed by atoms with Crippen molar-refractivity contribution in [1.82, 2.24) is 5.43 Å². The predicted octanol–water partition coefficient (Wildman–Crippen LogP) is 3.48. The molecule has 6 heteroatoms. The van der Waals surface area contributed by atoms with Crippen LogP contribution in [0.3, 0.4) is 0 Å². The summed E-state index contributed by atoms with van der Waals surface area (Å²) in [6.07, 6.45) is 1.58. The number of ether oxygens (including phenoxy) is 2. The van der Waals surface area contributed by atoms with Crippen molar-refractivity contribution in [1.29, 1.82) is 0 Å². The van der Waals surface area contributed by atoms with Crippen LogP contribution in [0, 0.1) is 0 Å². The van der Waals surface area contributed by atoms with Gasteiger partial charge in [-0.2, -0.15) is 5.10 Å². The van der Waals surface area contributed by atoms with Crippen LogP contribution in [-0.4, -0.2) is 31.6 Å². The Bertz CT molecular complexity index is 720. The molecule has 5 nitrogen and oxygen atoms in total. The number of nitrogens with zero attached hydrogens (tertiary/aromatic N) is 1. The Kier molecular flexibility index (Phi) is 7.35. The number of hydrazone groups is 1. The normalized spacial score (nSPS) is 12.0. The smallest absolute Gasteiger partial charge is 0.252 e. The van der Waals surface area contributed by atoms with Gasteiger partial charge in [-0.15, -0.1) is 11.8 Å². The van der Waals surface area contributed by atoms with Crippen molar-refractivity contribution < 1.29 is 14.3 Å². The highest BCUT2D eigenvalue weighted by Gasteiger charge is 2.12. The third-order valence-electron chi connectivity index (χ3n) is 3.51. The maximum atomic E-state index is 12.1. The fourth-order valence-electron chi connectivity index (χ4n) is 2.07. The summed E-state index contributed by atoms with van der Waals surface area (Å²) in [7, 11) is 3.16. The number of carbonyl (C=O) groups is 1. The predicted molar refractivity (Wildman–Crippen MR) is 102 cm³/mol. The zero-order chi connectivity index (χ0) is 18.1. The van der Waals surface area contributed by atoms with E-state index >= 15 is 0 Å². The van der Waals surface area contributed by atoms with Crippen LogP contribution in [0.2, 0.25) is 0 Å². The maximum absolute atomic E-state index is 12.1. The first kappa shape index (κ1) is 18.9. The van der Waals surface area contributed by atoms with Crippen LogP contribution in [0.15, 0.2) is 53.6 Å². The molecule has 0 fully saturated rings. The number of carbonyl (C=O) groups excluding carboxylic acids is 1. The molecule has 0 saturated carbocycles. The molecule has 0 aliphatic carbocycles. The van der Waals surface area contributed by atoms with Crippen molar-refractivity contribution >= 4 is 23.9 Å². The van der Waals surface area contributed by atoms with E-state index < -0.39 is 0 Å². The van der Waals surface area contributed by atoms with Gasteiger partial charge >= 0.3 is 0 Å². The molecule has 132 valence electrons. The van der Waals surface area contributed by atoms with Crippen LogP contribution in [0.25, 0.3) is 0 Å². The van der Waals surface area contributed by atoms with Gasteiger partial charge in [0.2, 0.25) is 0 Å². The Balaban J connectivity index is 1.85. The van der Waals surface area contributed by atoms with Gasteiger partial charge in [0.05, 0.1) is 25.7 Å². The minimum Gasteiger partial charge on any atom is -0.493 e. The van der Waals surface area contributed by atoms with Gasteiger partial charge in [0.1, 0.15) is 0 Å². The van der Waals surface area contributed by atoms with Gasteiger partial charge in [-0.1, -0.05) is 30.3 Å². The van der Waals surface area contributed by atoms with Gasteiger partial charge in [-0.05, 0) is 36.2 Å². The van der Waals surface area contributed by atoms with E-state index in [1.54, 1.807) is 44.3 Å². The Hall–Kier alpha value is -2.47. The summed E-state index contributed by atoms with van der Waals surface area (Å²) in [6.45, 7) is 1.87. The first-order chi connectivity index (χ1) is 12.1. The third-order valence-corrected chi connectivity index (χ3v) is 4.72. The first-order valence-corrected chi connectivity index (χ1v) is 8.89. The van der Waals surface area contributed by atoms with E-state index in [1.807, 2.05) is 43.3 Å². The van der Waals surface area contributed by atoms with Crippen LogP contribution < -0.4 is 14.9 Å². The minimum atomic E-state index is -0.192. The van der Waals surface area contributed by atoms with E-state index in [0.29, 0.717) is 11.5 Å². The Labute approximate surface area is 152 Å². The Morgan fingerprint density at radius 1 is 1.16 bits per heavy atom. The van der Waals surface area contributed by atoms with Gasteiger partial charge in [0.25, 0.3) is 5.91 Å². The summed E-state index contributed by atoms with van der Waals surface area (Å²) in [5.41, 5.74) is 4.57. The quantitative estimate of drug-likeness (QED) is 0.580. The maximum Gasteiger partial charge on any atom is 0.252 e. The largest absolute Gasteiger partial charge is 0.493 e. The number of amides is 1. The lowest BCUT2D eigenvalue weighted by atomic mass is 10.2.